The van der Waals surface area contributed by atoms with E-state index in [0.717, 1.165) is 37.6 Å². The average molecular weight is 442 g/mol. The lowest BCUT2D eigenvalue weighted by molar-refractivity contribution is 0.100. The first-order valence-electron chi connectivity index (χ1n) is 10.6. The van der Waals surface area contributed by atoms with E-state index >= 15 is 0 Å². The Morgan fingerprint density at radius 2 is 1.88 bits per heavy atom. The van der Waals surface area contributed by atoms with Crippen molar-refractivity contribution in [3.63, 3.8) is 0 Å². The molecule has 0 radical (unpaired) electrons. The molecular formula is C23H28FN5O3. The van der Waals surface area contributed by atoms with Crippen LogP contribution >= 0.6 is 0 Å². The third-order valence-electron chi connectivity index (χ3n) is 6.25. The van der Waals surface area contributed by atoms with Gasteiger partial charge in [0.1, 0.15) is 23.5 Å². The first kappa shape index (κ1) is 21.9. The third kappa shape index (κ3) is 3.52. The number of fused-ring (bicyclic) bond motifs is 1. The Morgan fingerprint density at radius 3 is 2.50 bits per heavy atom. The number of pyridine rings is 1. The Balaban J connectivity index is 1.95. The van der Waals surface area contributed by atoms with E-state index in [-0.39, 0.29) is 28.8 Å². The zero-order valence-corrected chi connectivity index (χ0v) is 18.7. The van der Waals surface area contributed by atoms with Crippen molar-refractivity contribution in [1.82, 2.24) is 14.5 Å². The number of phenols is 1. The van der Waals surface area contributed by atoms with Crippen LogP contribution < -0.4 is 16.2 Å². The number of primary amides is 1. The smallest absolute Gasteiger partial charge is 0.253 e. The predicted molar refractivity (Wildman–Crippen MR) is 121 cm³/mol. The highest BCUT2D eigenvalue weighted by Crippen LogP contribution is 2.38. The molecule has 2 aromatic heterocycles. The second kappa shape index (κ2) is 7.98. The number of hydrogen-bond acceptors (Lipinski definition) is 6. The summed E-state index contributed by atoms with van der Waals surface area (Å²) >= 11 is 0. The number of ether oxygens (including phenoxy) is 1. The number of likely N-dealkylation sites (tertiary alicyclic amines) is 1. The van der Waals surface area contributed by atoms with E-state index in [1.54, 1.807) is 19.9 Å². The minimum atomic E-state index is -0.715. The number of carbonyl (C=O) groups excluding carboxylic acids is 1. The van der Waals surface area contributed by atoms with Gasteiger partial charge >= 0.3 is 0 Å². The number of phenolic OH excluding ortho intramolecular Hbond substituents is 1. The maximum atomic E-state index is 14.5. The van der Waals surface area contributed by atoms with Crippen molar-refractivity contribution in [2.45, 2.75) is 39.7 Å². The summed E-state index contributed by atoms with van der Waals surface area (Å²) < 4.78 is 22.2. The number of nitrogens with two attached hydrogens (primary N) is 2. The van der Waals surface area contributed by atoms with Gasteiger partial charge in [-0.1, -0.05) is 0 Å². The molecule has 0 unspecified atom stereocenters. The quantitative estimate of drug-likeness (QED) is 0.573. The van der Waals surface area contributed by atoms with Gasteiger partial charge in [-0.3, -0.25) is 9.36 Å². The van der Waals surface area contributed by atoms with E-state index in [0.29, 0.717) is 28.2 Å². The topological polar surface area (TPSA) is 120 Å². The number of aromatic nitrogens is 2. The number of amides is 1. The van der Waals surface area contributed by atoms with Crippen LogP contribution in [-0.4, -0.2) is 51.7 Å². The van der Waals surface area contributed by atoms with Gasteiger partial charge in [-0.25, -0.2) is 4.39 Å². The number of rotatable bonds is 4. The molecule has 5 N–H and O–H groups in total. The van der Waals surface area contributed by atoms with Gasteiger partial charge in [0.2, 0.25) is 5.88 Å². The van der Waals surface area contributed by atoms with Crippen molar-refractivity contribution in [2.75, 3.05) is 25.9 Å². The van der Waals surface area contributed by atoms with Gasteiger partial charge in [0.25, 0.3) is 5.91 Å². The van der Waals surface area contributed by atoms with Gasteiger partial charge < -0.3 is 26.2 Å². The van der Waals surface area contributed by atoms with Crippen LogP contribution in [0.3, 0.4) is 0 Å². The molecule has 0 atom stereocenters. The molecule has 3 aromatic rings. The summed E-state index contributed by atoms with van der Waals surface area (Å²) in [5.74, 6) is -1.07. The zero-order chi connectivity index (χ0) is 23.3. The van der Waals surface area contributed by atoms with E-state index in [4.69, 9.17) is 21.2 Å². The number of halogens is 1. The molecule has 3 heterocycles. The molecule has 170 valence electrons. The maximum absolute atomic E-state index is 14.5. The molecular weight excluding hydrogens is 413 g/mol. The molecule has 0 spiro atoms. The molecule has 1 saturated heterocycles. The predicted octanol–water partition coefficient (Wildman–Crippen LogP) is 2.95. The summed E-state index contributed by atoms with van der Waals surface area (Å²) in [5.41, 5.74) is 14.1. The molecule has 9 heteroatoms. The Hall–Kier alpha value is -3.33. The monoisotopic (exact) mass is 441 g/mol. The Morgan fingerprint density at radius 1 is 1.22 bits per heavy atom. The second-order valence-corrected chi connectivity index (χ2v) is 8.54. The summed E-state index contributed by atoms with van der Waals surface area (Å²) in [6, 6.07) is 2.82. The van der Waals surface area contributed by atoms with E-state index < -0.39 is 11.7 Å². The van der Waals surface area contributed by atoms with Crippen LogP contribution in [0.4, 0.5) is 10.2 Å². The van der Waals surface area contributed by atoms with Gasteiger partial charge in [0, 0.05) is 41.2 Å². The van der Waals surface area contributed by atoms with Crippen molar-refractivity contribution in [1.29, 1.82) is 0 Å². The molecule has 1 aliphatic heterocycles. The lowest BCUT2D eigenvalue weighted by Gasteiger charge is -2.29. The average Bonchev–Trinajstić information content (AvgIpc) is 3.00. The largest absolute Gasteiger partial charge is 0.507 e. The summed E-state index contributed by atoms with van der Waals surface area (Å²) in [6.07, 6.45) is 1.77. The Kier molecular flexibility index (Phi) is 5.46. The Bertz CT molecular complexity index is 1200. The standard InChI is InChI=1S/C23H28FN5O3/c1-11-9-15-18(21(26)31)20(25)29(19-12(2)16(24)10-17(30)13(19)3)22(15)27-23(11)32-14-5-7-28(4)8-6-14/h9-10,14,30H,5-8,25H2,1-4H3,(H2,26,31). The van der Waals surface area contributed by atoms with Gasteiger partial charge in [-0.2, -0.15) is 4.98 Å². The van der Waals surface area contributed by atoms with Crippen LogP contribution in [0.5, 0.6) is 11.6 Å². The number of nitrogen functional groups attached to an aromatic ring is 1. The van der Waals surface area contributed by atoms with Crippen LogP contribution in [0.25, 0.3) is 16.7 Å². The molecule has 0 bridgehead atoms. The molecule has 0 aliphatic carbocycles. The molecule has 1 amide bonds. The van der Waals surface area contributed by atoms with Crippen LogP contribution in [0, 0.1) is 26.6 Å². The number of anilines is 1. The molecule has 32 heavy (non-hydrogen) atoms. The van der Waals surface area contributed by atoms with Crippen LogP contribution in [-0.2, 0) is 0 Å². The summed E-state index contributed by atoms with van der Waals surface area (Å²) in [4.78, 5) is 19.2. The van der Waals surface area contributed by atoms with E-state index in [2.05, 4.69) is 11.9 Å². The van der Waals surface area contributed by atoms with Gasteiger partial charge in [0.05, 0.1) is 11.3 Å². The Labute approximate surface area is 185 Å². The van der Waals surface area contributed by atoms with E-state index in [1.807, 2.05) is 6.92 Å². The summed E-state index contributed by atoms with van der Waals surface area (Å²) in [6.45, 7) is 6.94. The molecule has 0 saturated carbocycles. The molecule has 1 fully saturated rings. The highest BCUT2D eigenvalue weighted by atomic mass is 19.1. The van der Waals surface area contributed by atoms with Gasteiger partial charge in [-0.15, -0.1) is 0 Å². The SMILES string of the molecule is Cc1cc2c(C(N)=O)c(N)n(-c3c(C)c(O)cc(F)c3C)c2nc1OC1CCN(C)CC1. The highest BCUT2D eigenvalue weighted by molar-refractivity contribution is 6.11. The molecule has 4 rings (SSSR count). The fourth-order valence-corrected chi connectivity index (χ4v) is 4.36. The van der Waals surface area contributed by atoms with Crippen molar-refractivity contribution < 1.29 is 19.0 Å². The van der Waals surface area contributed by atoms with Gasteiger partial charge in [-0.05, 0) is 46.7 Å². The van der Waals surface area contributed by atoms with E-state index in [9.17, 15) is 14.3 Å². The van der Waals surface area contributed by atoms with Crippen molar-refractivity contribution in [3.05, 3.63) is 40.2 Å². The summed E-state index contributed by atoms with van der Waals surface area (Å²) in [7, 11) is 2.08. The minimum absolute atomic E-state index is 0.0212. The van der Waals surface area contributed by atoms with Crippen LogP contribution in [0.1, 0.15) is 39.9 Å². The lowest BCUT2D eigenvalue weighted by atomic mass is 10.1. The number of aryl methyl sites for hydroxylation is 1. The number of hydrogen-bond donors (Lipinski definition) is 3. The minimum Gasteiger partial charge on any atom is -0.507 e. The zero-order valence-electron chi connectivity index (χ0n) is 18.7. The lowest BCUT2D eigenvalue weighted by Crippen LogP contribution is -2.35. The number of benzene rings is 1. The molecule has 1 aliphatic rings. The first-order valence-corrected chi connectivity index (χ1v) is 10.6. The van der Waals surface area contributed by atoms with Gasteiger partial charge in [0.15, 0.2) is 5.65 Å². The number of carbonyl (C=O) groups is 1. The highest BCUT2D eigenvalue weighted by Gasteiger charge is 2.27. The number of piperidine rings is 1. The van der Waals surface area contributed by atoms with Crippen molar-refractivity contribution >= 4 is 22.8 Å². The fourth-order valence-electron chi connectivity index (χ4n) is 4.36. The summed E-state index contributed by atoms with van der Waals surface area (Å²) in [5, 5.41) is 10.7. The van der Waals surface area contributed by atoms with Crippen molar-refractivity contribution in [2.24, 2.45) is 5.73 Å². The number of aromatic hydroxyl groups is 1. The second-order valence-electron chi connectivity index (χ2n) is 8.54. The third-order valence-corrected chi connectivity index (χ3v) is 6.25. The van der Waals surface area contributed by atoms with Crippen molar-refractivity contribution in [3.8, 4) is 17.3 Å². The molecule has 1 aromatic carbocycles. The normalized spacial score (nSPS) is 15.4. The van der Waals surface area contributed by atoms with Crippen LogP contribution in [0.15, 0.2) is 12.1 Å². The maximum Gasteiger partial charge on any atom is 0.253 e. The first-order chi connectivity index (χ1) is 15.1. The van der Waals surface area contributed by atoms with E-state index in [1.165, 1.54) is 4.57 Å². The fraction of sp³-hybridized carbons (Fsp3) is 0.391. The van der Waals surface area contributed by atoms with Crippen LogP contribution in [0.2, 0.25) is 0 Å². The molecule has 8 nitrogen and oxygen atoms in total. The number of nitrogens with zero attached hydrogens (tertiary/aromatic N) is 3.